The molecule has 68 heavy (non-hydrogen) atoms. The molecule has 0 unspecified atom stereocenters. The number of thiophene rings is 1. The van der Waals surface area contributed by atoms with Crippen LogP contribution in [0.15, 0.2) is 188 Å². The fraction of sp³-hybridized carbons (Fsp3) is 0.182. The van der Waals surface area contributed by atoms with Gasteiger partial charge in [0.15, 0.2) is 0 Å². The highest BCUT2D eigenvalue weighted by atomic mass is 32.1. The average molecular weight is 900 g/mol. The lowest BCUT2D eigenvalue weighted by atomic mass is 9.76. The molecule has 1 aliphatic carbocycles. The van der Waals surface area contributed by atoms with Crippen LogP contribution >= 0.6 is 11.3 Å². The summed E-state index contributed by atoms with van der Waals surface area (Å²) in [4.78, 5) is 0. The molecule has 1 nitrogen and oxygen atoms in total. The number of hydrogen-bond acceptors (Lipinski definition) is 1. The number of rotatable bonds is 5. The van der Waals surface area contributed by atoms with Crippen LogP contribution in [0.5, 0.6) is 0 Å². The van der Waals surface area contributed by atoms with Crippen LogP contribution in [0.3, 0.4) is 0 Å². The quantitative estimate of drug-likeness (QED) is 0.162. The first-order valence-corrected chi connectivity index (χ1v) is 25.2. The van der Waals surface area contributed by atoms with E-state index in [4.69, 9.17) is 0 Å². The number of para-hydroxylation sites is 1. The van der Waals surface area contributed by atoms with Crippen molar-refractivity contribution >= 4 is 53.3 Å². The topological polar surface area (TPSA) is 4.93 Å². The molecule has 0 fully saturated rings. The fourth-order valence-corrected chi connectivity index (χ4v) is 12.2. The molecular weight excluding hydrogens is 839 g/mol. The SMILES string of the molecule is CC.Cc1cccc(C(C)(C)c2ccccc2C)c1.Cc1ccccc1-c1cc(-c2ccc3c4ccccc4n(-c4ccc5c(c4)C(C)(C)c4c-5ccc5sc6ccccc6c45)c3c2)ccc1C. The van der Waals surface area contributed by atoms with Crippen molar-refractivity contribution in [3.63, 3.8) is 0 Å². The Morgan fingerprint density at radius 2 is 1.10 bits per heavy atom. The molecule has 0 saturated heterocycles. The summed E-state index contributed by atoms with van der Waals surface area (Å²) in [6.07, 6.45) is 0. The van der Waals surface area contributed by atoms with E-state index in [1.807, 2.05) is 25.2 Å². The second-order valence-corrected chi connectivity index (χ2v) is 20.6. The summed E-state index contributed by atoms with van der Waals surface area (Å²) in [5.74, 6) is 0. The predicted octanol–water partition coefficient (Wildman–Crippen LogP) is 19.1. The number of aryl methyl sites for hydroxylation is 4. The summed E-state index contributed by atoms with van der Waals surface area (Å²) >= 11 is 1.91. The van der Waals surface area contributed by atoms with Crippen molar-refractivity contribution in [1.82, 2.24) is 4.57 Å². The van der Waals surface area contributed by atoms with Crippen LogP contribution in [0.25, 0.3) is 81.0 Å². The van der Waals surface area contributed by atoms with Gasteiger partial charge in [-0.1, -0.05) is 193 Å². The lowest BCUT2D eigenvalue weighted by Crippen LogP contribution is -2.20. The van der Waals surface area contributed by atoms with Gasteiger partial charge >= 0.3 is 0 Å². The van der Waals surface area contributed by atoms with Gasteiger partial charge in [0.2, 0.25) is 0 Å². The molecule has 9 aromatic carbocycles. The van der Waals surface area contributed by atoms with E-state index in [9.17, 15) is 0 Å². The highest BCUT2D eigenvalue weighted by Gasteiger charge is 2.38. The number of hydrogen-bond donors (Lipinski definition) is 0. The Morgan fingerprint density at radius 1 is 0.456 bits per heavy atom. The Kier molecular flexibility index (Phi) is 11.6. The van der Waals surface area contributed by atoms with Gasteiger partial charge in [-0.15, -0.1) is 11.3 Å². The van der Waals surface area contributed by atoms with Gasteiger partial charge in [-0.05, 0) is 142 Å². The average Bonchev–Trinajstić information content (AvgIpc) is 3.97. The summed E-state index contributed by atoms with van der Waals surface area (Å²) in [6.45, 7) is 22.2. The van der Waals surface area contributed by atoms with E-state index < -0.39 is 0 Å². The summed E-state index contributed by atoms with van der Waals surface area (Å²) < 4.78 is 5.22. The van der Waals surface area contributed by atoms with Gasteiger partial charge in [0.05, 0.1) is 11.0 Å². The van der Waals surface area contributed by atoms with Gasteiger partial charge in [-0.25, -0.2) is 0 Å². The zero-order valence-electron chi connectivity index (χ0n) is 41.3. The summed E-state index contributed by atoms with van der Waals surface area (Å²) in [6, 6.07) is 69.7. The minimum atomic E-state index is -0.137. The molecule has 0 spiro atoms. The van der Waals surface area contributed by atoms with Crippen molar-refractivity contribution < 1.29 is 0 Å². The van der Waals surface area contributed by atoms with Gasteiger partial charge in [0.1, 0.15) is 0 Å². The molecule has 0 radical (unpaired) electrons. The van der Waals surface area contributed by atoms with Gasteiger partial charge in [-0.2, -0.15) is 0 Å². The van der Waals surface area contributed by atoms with E-state index >= 15 is 0 Å². The van der Waals surface area contributed by atoms with Crippen LogP contribution in [-0.4, -0.2) is 4.57 Å². The normalized spacial score (nSPS) is 12.7. The predicted molar refractivity (Wildman–Crippen MR) is 297 cm³/mol. The van der Waals surface area contributed by atoms with Gasteiger partial charge in [0.25, 0.3) is 0 Å². The number of nitrogens with zero attached hydrogens (tertiary/aromatic N) is 1. The molecule has 2 aromatic heterocycles. The minimum absolute atomic E-state index is 0.0668. The Morgan fingerprint density at radius 3 is 1.88 bits per heavy atom. The fourth-order valence-electron chi connectivity index (χ4n) is 11.1. The zero-order valence-corrected chi connectivity index (χ0v) is 42.1. The maximum absolute atomic E-state index is 2.49. The van der Waals surface area contributed by atoms with Crippen LogP contribution in [0.1, 0.15) is 86.1 Å². The lowest BCUT2D eigenvalue weighted by Gasteiger charge is -2.28. The van der Waals surface area contributed by atoms with E-state index in [2.05, 4.69) is 248 Å². The molecule has 0 atom stereocenters. The molecule has 12 rings (SSSR count). The Balaban J connectivity index is 0.000000239. The molecule has 0 N–H and O–H groups in total. The standard InChI is InChI=1S/C47H35NS.C17H20.C2H6/c1-28-11-5-6-12-33(28)39-25-30(18-17-29(39)2)31-19-21-36-35-13-7-9-15-41(35)48(42(36)26-31)32-20-22-34-37-23-24-44-45(38-14-8-10-16-43(38)49-44)46(37)47(3,4)40(34)27-32;1-13-8-7-10-15(12-13)17(3,4)16-11-6-5-9-14(16)2;1-2/h5-27H,1-4H3;5-12H,1-4H3;1-2H3. The van der Waals surface area contributed by atoms with E-state index in [0.29, 0.717) is 0 Å². The van der Waals surface area contributed by atoms with Crippen LogP contribution < -0.4 is 0 Å². The Bertz CT molecular complexity index is 3700. The molecule has 2 heterocycles. The van der Waals surface area contributed by atoms with Crippen molar-refractivity contribution in [2.75, 3.05) is 0 Å². The molecule has 1 aliphatic rings. The van der Waals surface area contributed by atoms with E-state index in [-0.39, 0.29) is 10.8 Å². The molecule has 0 bridgehead atoms. The molecular formula is C66H61NS. The van der Waals surface area contributed by atoms with Crippen LogP contribution in [0.2, 0.25) is 0 Å². The molecule has 336 valence electrons. The van der Waals surface area contributed by atoms with Crippen molar-refractivity contribution in [1.29, 1.82) is 0 Å². The smallest absolute Gasteiger partial charge is 0.0547 e. The highest BCUT2D eigenvalue weighted by molar-refractivity contribution is 7.25. The molecule has 0 amide bonds. The zero-order chi connectivity index (χ0) is 47.5. The second-order valence-electron chi connectivity index (χ2n) is 19.6. The third-order valence-corrected chi connectivity index (χ3v) is 15.8. The van der Waals surface area contributed by atoms with Crippen molar-refractivity contribution in [2.24, 2.45) is 0 Å². The summed E-state index contributed by atoms with van der Waals surface area (Å²) in [5.41, 5.74) is 22.3. The van der Waals surface area contributed by atoms with Gasteiger partial charge in [0, 0.05) is 47.5 Å². The molecule has 11 aromatic rings. The van der Waals surface area contributed by atoms with E-state index in [1.54, 1.807) is 0 Å². The monoisotopic (exact) mass is 899 g/mol. The largest absolute Gasteiger partial charge is 0.309 e. The van der Waals surface area contributed by atoms with Crippen LogP contribution in [0.4, 0.5) is 0 Å². The maximum Gasteiger partial charge on any atom is 0.0547 e. The number of aromatic nitrogens is 1. The Labute approximate surface area is 407 Å². The third-order valence-electron chi connectivity index (χ3n) is 14.6. The highest BCUT2D eigenvalue weighted by Crippen LogP contribution is 2.54. The number of fused-ring (bicyclic) bond motifs is 10. The number of benzene rings is 9. The van der Waals surface area contributed by atoms with Crippen LogP contribution in [-0.2, 0) is 10.8 Å². The minimum Gasteiger partial charge on any atom is -0.309 e. The van der Waals surface area contributed by atoms with Crippen molar-refractivity contribution in [3.8, 4) is 39.1 Å². The molecule has 2 heteroatoms. The first-order valence-electron chi connectivity index (χ1n) is 24.3. The van der Waals surface area contributed by atoms with E-state index in [1.165, 1.54) is 126 Å². The first-order chi connectivity index (χ1) is 32.9. The van der Waals surface area contributed by atoms with Crippen LogP contribution in [0, 0.1) is 27.7 Å². The second kappa shape index (κ2) is 17.6. The maximum atomic E-state index is 2.49. The van der Waals surface area contributed by atoms with Gasteiger partial charge < -0.3 is 4.57 Å². The lowest BCUT2D eigenvalue weighted by molar-refractivity contribution is 0.635. The summed E-state index contributed by atoms with van der Waals surface area (Å²) in [7, 11) is 0. The van der Waals surface area contributed by atoms with E-state index in [0.717, 1.165) is 0 Å². The van der Waals surface area contributed by atoms with Crippen molar-refractivity contribution in [2.45, 2.75) is 80.1 Å². The van der Waals surface area contributed by atoms with Gasteiger partial charge in [-0.3, -0.25) is 0 Å². The van der Waals surface area contributed by atoms with Crippen molar-refractivity contribution in [3.05, 3.63) is 233 Å². The third kappa shape index (κ3) is 7.47. The molecule has 0 aliphatic heterocycles. The molecule has 0 saturated carbocycles. The summed E-state index contributed by atoms with van der Waals surface area (Å²) in [5, 5.41) is 5.35. The Hall–Kier alpha value is -7.00. The first kappa shape index (κ1) is 44.8.